The molecule has 0 bridgehead atoms. The van der Waals surface area contributed by atoms with Gasteiger partial charge in [-0.2, -0.15) is 0 Å². The second kappa shape index (κ2) is 11.2. The molecule has 2 aliphatic heterocycles. The molecule has 1 saturated heterocycles. The summed E-state index contributed by atoms with van der Waals surface area (Å²) in [5.41, 5.74) is 1.64. The van der Waals surface area contributed by atoms with Gasteiger partial charge < -0.3 is 25.0 Å². The average molecular weight is 506 g/mol. The first-order valence-corrected chi connectivity index (χ1v) is 9.80. The molecule has 8 heteroatoms. The molecular weight excluding hydrogens is 474 g/mol. The molecule has 0 unspecified atom stereocenters. The lowest BCUT2D eigenvalue weighted by atomic mass is 10.0. The van der Waals surface area contributed by atoms with Crippen molar-refractivity contribution in [2.24, 2.45) is 4.99 Å². The predicted octanol–water partition coefficient (Wildman–Crippen LogP) is 2.89. The van der Waals surface area contributed by atoms with Crippen LogP contribution in [-0.4, -0.2) is 56.4 Å². The van der Waals surface area contributed by atoms with Crippen LogP contribution in [0.2, 0.25) is 0 Å². The molecule has 0 amide bonds. The van der Waals surface area contributed by atoms with E-state index in [-0.39, 0.29) is 36.6 Å². The van der Waals surface area contributed by atoms with Gasteiger partial charge in [-0.05, 0) is 50.8 Å². The van der Waals surface area contributed by atoms with E-state index in [4.69, 9.17) is 9.47 Å². The van der Waals surface area contributed by atoms with E-state index < -0.39 is 0 Å². The molecule has 1 aromatic rings. The summed E-state index contributed by atoms with van der Waals surface area (Å²) in [5, 5.41) is 6.85. The highest BCUT2D eigenvalue weighted by Gasteiger charge is 2.21. The number of hydrogen-bond acceptors (Lipinski definition) is 4. The maximum absolute atomic E-state index is 13.8. The van der Waals surface area contributed by atoms with Gasteiger partial charge in [-0.15, -0.1) is 24.0 Å². The molecule has 0 aliphatic carbocycles. The summed E-state index contributed by atoms with van der Waals surface area (Å²) >= 11 is 0. The van der Waals surface area contributed by atoms with E-state index in [0.29, 0.717) is 31.7 Å². The van der Waals surface area contributed by atoms with Gasteiger partial charge in [0.25, 0.3) is 0 Å². The lowest BCUT2D eigenvalue weighted by Gasteiger charge is -2.35. The Morgan fingerprint density at radius 2 is 2.07 bits per heavy atom. The fourth-order valence-corrected chi connectivity index (χ4v) is 3.71. The maximum atomic E-state index is 13.8. The highest BCUT2D eigenvalue weighted by molar-refractivity contribution is 14.0. The van der Waals surface area contributed by atoms with E-state index in [2.05, 4.69) is 34.4 Å². The van der Waals surface area contributed by atoms with Crippen LogP contribution in [0.3, 0.4) is 0 Å². The van der Waals surface area contributed by atoms with Crippen LogP contribution in [0.1, 0.15) is 37.8 Å². The number of fused-ring (bicyclic) bond motifs is 1. The molecule has 0 aromatic heterocycles. The van der Waals surface area contributed by atoms with E-state index in [1.807, 2.05) is 0 Å². The summed E-state index contributed by atoms with van der Waals surface area (Å²) in [7, 11) is 1.78. The molecular formula is C20H32FIN4O2. The van der Waals surface area contributed by atoms with Crippen molar-refractivity contribution in [3.63, 3.8) is 0 Å². The summed E-state index contributed by atoms with van der Waals surface area (Å²) in [5.74, 6) is 1.30. The highest BCUT2D eigenvalue weighted by atomic mass is 127. The van der Waals surface area contributed by atoms with Crippen LogP contribution in [0.25, 0.3) is 0 Å². The van der Waals surface area contributed by atoms with E-state index in [9.17, 15) is 4.39 Å². The Labute approximate surface area is 184 Å². The summed E-state index contributed by atoms with van der Waals surface area (Å²) in [6.45, 7) is 7.99. The molecule has 2 aliphatic rings. The number of nitrogens with zero attached hydrogens (tertiary/aromatic N) is 2. The van der Waals surface area contributed by atoms with E-state index in [1.54, 1.807) is 13.1 Å². The van der Waals surface area contributed by atoms with Crippen LogP contribution >= 0.6 is 24.0 Å². The Hall–Kier alpha value is -1.13. The fraction of sp³-hybridized carbons (Fsp3) is 0.650. The van der Waals surface area contributed by atoms with Crippen LogP contribution in [0, 0.1) is 5.82 Å². The Morgan fingerprint density at radius 3 is 2.75 bits per heavy atom. The number of rotatable bonds is 5. The lowest BCUT2D eigenvalue weighted by molar-refractivity contribution is -0.0172. The minimum atomic E-state index is -0.253. The van der Waals surface area contributed by atoms with Crippen molar-refractivity contribution >= 4 is 29.9 Å². The molecule has 0 spiro atoms. The first-order valence-electron chi connectivity index (χ1n) is 9.80. The predicted molar refractivity (Wildman–Crippen MR) is 120 cm³/mol. The van der Waals surface area contributed by atoms with Gasteiger partial charge in [0.15, 0.2) is 12.8 Å². The van der Waals surface area contributed by atoms with Gasteiger partial charge in [0, 0.05) is 44.3 Å². The van der Waals surface area contributed by atoms with Crippen molar-refractivity contribution in [3.8, 4) is 5.75 Å². The van der Waals surface area contributed by atoms with Crippen molar-refractivity contribution in [1.29, 1.82) is 0 Å². The second-order valence-corrected chi connectivity index (χ2v) is 7.46. The van der Waals surface area contributed by atoms with Crippen molar-refractivity contribution < 1.29 is 13.9 Å². The highest BCUT2D eigenvalue weighted by Crippen LogP contribution is 2.29. The second-order valence-electron chi connectivity index (χ2n) is 7.46. The molecule has 3 rings (SSSR count). The van der Waals surface area contributed by atoms with Crippen molar-refractivity contribution in [1.82, 2.24) is 15.5 Å². The van der Waals surface area contributed by atoms with Gasteiger partial charge in [-0.3, -0.25) is 4.99 Å². The first-order chi connectivity index (χ1) is 13.1. The number of hydrogen-bond donors (Lipinski definition) is 2. The maximum Gasteiger partial charge on any atom is 0.191 e. The van der Waals surface area contributed by atoms with Crippen molar-refractivity contribution in [2.45, 2.75) is 51.8 Å². The monoisotopic (exact) mass is 506 g/mol. The summed E-state index contributed by atoms with van der Waals surface area (Å²) in [6.07, 6.45) is 2.89. The fourth-order valence-electron chi connectivity index (χ4n) is 3.71. The number of piperidine rings is 1. The van der Waals surface area contributed by atoms with E-state index in [0.717, 1.165) is 48.8 Å². The summed E-state index contributed by atoms with van der Waals surface area (Å²) in [4.78, 5) is 6.83. The SMILES string of the molecule is CN=C(NCCc1cc(F)cc2c1OCOC2)NC1CCN(C(C)C)CC1.I. The Balaban J connectivity index is 0.00000280. The molecule has 2 heterocycles. The zero-order valence-electron chi connectivity index (χ0n) is 17.0. The zero-order valence-corrected chi connectivity index (χ0v) is 19.3. The topological polar surface area (TPSA) is 58.1 Å². The number of aliphatic imine (C=N–C) groups is 1. The van der Waals surface area contributed by atoms with Crippen LogP contribution in [0.5, 0.6) is 5.75 Å². The molecule has 1 aromatic carbocycles. The van der Waals surface area contributed by atoms with Gasteiger partial charge >= 0.3 is 0 Å². The zero-order chi connectivity index (χ0) is 19.2. The minimum absolute atomic E-state index is 0. The third-order valence-electron chi connectivity index (χ3n) is 5.26. The van der Waals surface area contributed by atoms with Gasteiger partial charge in [-0.1, -0.05) is 0 Å². The largest absolute Gasteiger partial charge is 0.467 e. The normalized spacial score (nSPS) is 18.2. The van der Waals surface area contributed by atoms with Crippen molar-refractivity contribution in [2.75, 3.05) is 33.5 Å². The van der Waals surface area contributed by atoms with Gasteiger partial charge in [0.2, 0.25) is 0 Å². The molecule has 0 atom stereocenters. The smallest absolute Gasteiger partial charge is 0.191 e. The number of ether oxygens (including phenoxy) is 2. The number of nitrogens with one attached hydrogen (secondary N) is 2. The van der Waals surface area contributed by atoms with E-state index in [1.165, 1.54) is 6.07 Å². The van der Waals surface area contributed by atoms with Crippen LogP contribution in [0.15, 0.2) is 17.1 Å². The molecule has 6 nitrogen and oxygen atoms in total. The number of likely N-dealkylation sites (tertiary alicyclic amines) is 1. The van der Waals surface area contributed by atoms with Crippen LogP contribution in [0.4, 0.5) is 4.39 Å². The molecule has 1 fully saturated rings. The van der Waals surface area contributed by atoms with E-state index >= 15 is 0 Å². The number of halogens is 2. The van der Waals surface area contributed by atoms with Gasteiger partial charge in [0.05, 0.1) is 6.61 Å². The number of benzene rings is 1. The van der Waals surface area contributed by atoms with Crippen LogP contribution in [-0.2, 0) is 17.8 Å². The Bertz CT molecular complexity index is 664. The number of guanidine groups is 1. The first kappa shape index (κ1) is 23.2. The molecule has 0 radical (unpaired) electrons. The van der Waals surface area contributed by atoms with Gasteiger partial charge in [-0.25, -0.2) is 4.39 Å². The van der Waals surface area contributed by atoms with Crippen molar-refractivity contribution in [3.05, 3.63) is 29.1 Å². The minimum Gasteiger partial charge on any atom is -0.467 e. The molecule has 0 saturated carbocycles. The quantitative estimate of drug-likeness (QED) is 0.366. The Morgan fingerprint density at radius 1 is 1.32 bits per heavy atom. The molecule has 158 valence electrons. The molecule has 2 N–H and O–H groups in total. The standard InChI is InChI=1S/C20H31FN4O2.HI/c1-14(2)25-8-5-18(6-9-25)24-20(22-3)23-7-4-15-10-17(21)11-16-12-26-13-27-19(15)16;/h10-11,14,18H,4-9,12-13H2,1-3H3,(H2,22,23,24);1H. The summed E-state index contributed by atoms with van der Waals surface area (Å²) < 4.78 is 24.6. The third-order valence-corrected chi connectivity index (χ3v) is 5.26. The average Bonchev–Trinajstić information content (AvgIpc) is 2.67. The Kier molecular flexibility index (Phi) is 9.23. The summed E-state index contributed by atoms with van der Waals surface area (Å²) in [6, 6.07) is 4.07. The molecule has 28 heavy (non-hydrogen) atoms. The lowest BCUT2D eigenvalue weighted by Crippen LogP contribution is -2.50. The van der Waals surface area contributed by atoms with Crippen LogP contribution < -0.4 is 15.4 Å². The third kappa shape index (κ3) is 6.18. The van der Waals surface area contributed by atoms with Gasteiger partial charge in [0.1, 0.15) is 11.6 Å².